The van der Waals surface area contributed by atoms with Crippen LogP contribution in [0.25, 0.3) is 0 Å². The number of benzene rings is 2. The van der Waals surface area contributed by atoms with Gasteiger partial charge in [0.25, 0.3) is 0 Å². The number of carboxylic acid groups (broad SMARTS) is 1. The van der Waals surface area contributed by atoms with Crippen molar-refractivity contribution in [3.05, 3.63) is 89.0 Å². The van der Waals surface area contributed by atoms with Crippen LogP contribution in [0.5, 0.6) is 0 Å². The maximum absolute atomic E-state index is 12.3. The summed E-state index contributed by atoms with van der Waals surface area (Å²) in [5.41, 5.74) is 9.67. The molecule has 2 aromatic carbocycles. The van der Waals surface area contributed by atoms with E-state index >= 15 is 0 Å². The Bertz CT molecular complexity index is 1380. The smallest absolute Gasteiger partial charge is 0.311 e. The molecule has 3 rings (SSSR count). The Hall–Kier alpha value is -3.58. The van der Waals surface area contributed by atoms with Crippen molar-refractivity contribution in [1.82, 2.24) is 0 Å². The van der Waals surface area contributed by atoms with Crippen molar-refractivity contribution in [2.45, 2.75) is 111 Å². The zero-order chi connectivity index (χ0) is 40.0. The first kappa shape index (κ1) is 50.5. The first-order chi connectivity index (χ1) is 24.7. The number of rotatable bonds is 18. The summed E-state index contributed by atoms with van der Waals surface area (Å²) in [6.07, 6.45) is 14.0. The monoisotopic (exact) mass is 753 g/mol. The van der Waals surface area contributed by atoms with Crippen molar-refractivity contribution in [2.24, 2.45) is 11.8 Å². The highest BCUT2D eigenvalue weighted by Gasteiger charge is 2.25. The van der Waals surface area contributed by atoms with Crippen molar-refractivity contribution in [2.75, 3.05) is 24.9 Å². The lowest BCUT2D eigenvalue weighted by molar-refractivity contribution is -0.159. The van der Waals surface area contributed by atoms with Crippen LogP contribution < -0.4 is 5.73 Å². The SMILES string of the molecule is CC.CCCc1ccc(F)cc1.CO.CS(=O)(=O)CCCCCCc1ccc(N)cc1.O=CCCC1=CCC(CCCC(C(=O)O)C(O)O)C=C1O. The number of carboxylic acids is 1. The van der Waals surface area contributed by atoms with Crippen LogP contribution in [-0.4, -0.2) is 71.6 Å². The van der Waals surface area contributed by atoms with Crippen molar-refractivity contribution in [3.8, 4) is 0 Å². The normalized spacial score (nSPS) is 13.9. The summed E-state index contributed by atoms with van der Waals surface area (Å²) in [6.45, 7) is 6.11. The molecule has 0 spiro atoms. The molecule has 1 aliphatic rings. The average molecular weight is 754 g/mol. The average Bonchev–Trinajstić information content (AvgIpc) is 3.11. The zero-order valence-electron chi connectivity index (χ0n) is 31.7. The number of unbranched alkanes of at least 4 members (excludes halogenated alkanes) is 3. The van der Waals surface area contributed by atoms with Gasteiger partial charge in [0, 0.05) is 31.2 Å². The highest BCUT2D eigenvalue weighted by Crippen LogP contribution is 2.28. The second kappa shape index (κ2) is 31.0. The third kappa shape index (κ3) is 26.2. The summed E-state index contributed by atoms with van der Waals surface area (Å²) in [5, 5.41) is 43.6. The van der Waals surface area contributed by atoms with Crippen LogP contribution >= 0.6 is 0 Å². The zero-order valence-corrected chi connectivity index (χ0v) is 32.5. The van der Waals surface area contributed by atoms with Crippen LogP contribution in [-0.2, 0) is 32.3 Å². The maximum Gasteiger partial charge on any atom is 0.311 e. The van der Waals surface area contributed by atoms with Gasteiger partial charge in [-0.2, -0.15) is 0 Å². The lowest BCUT2D eigenvalue weighted by Crippen LogP contribution is -2.27. The Labute approximate surface area is 311 Å². The highest BCUT2D eigenvalue weighted by molar-refractivity contribution is 7.90. The number of carbonyl (C=O) groups is 2. The number of aliphatic hydroxyl groups is 4. The van der Waals surface area contributed by atoms with E-state index in [0.29, 0.717) is 31.4 Å². The quantitative estimate of drug-likeness (QED) is 0.0387. The minimum atomic E-state index is -2.78. The topological polar surface area (TPSA) is 195 Å². The van der Waals surface area contributed by atoms with Gasteiger partial charge in [-0.25, -0.2) is 12.8 Å². The molecule has 0 heterocycles. The van der Waals surface area contributed by atoms with Crippen molar-refractivity contribution in [1.29, 1.82) is 0 Å². The fourth-order valence-corrected chi connectivity index (χ4v) is 5.84. The first-order valence-corrected chi connectivity index (χ1v) is 20.2. The number of aldehydes is 1. The van der Waals surface area contributed by atoms with E-state index in [4.69, 9.17) is 26.2 Å². The number of carbonyl (C=O) groups excluding carboxylic acids is 1. The minimum absolute atomic E-state index is 0.107. The molecule has 1 aliphatic carbocycles. The summed E-state index contributed by atoms with van der Waals surface area (Å²) in [5.74, 6) is -1.94. The summed E-state index contributed by atoms with van der Waals surface area (Å²) in [6, 6.07) is 14.6. The number of sulfone groups is 1. The largest absolute Gasteiger partial charge is 0.508 e. The standard InChI is InChI=1S/C15H22O6.C13H21NO2S.C9H11F.C2H6.CH4O/c16-8-2-4-11-7-6-10(9-13(11)17)3-1-5-12(14(18)19)15(20)21;1-17(15,16)11-5-3-2-4-6-12-7-9-13(14)10-8-12;1-2-3-8-4-6-9(10)7-5-8;2*1-2/h7-10,12,14,17-19H,1-6H2,(H,20,21);7-10H,2-6,11,14H2,1H3;4-7H,2-3H2,1H3;1-2H3;2H,1H3. The molecule has 2 aromatic rings. The van der Waals surface area contributed by atoms with Gasteiger partial charge in [-0.3, -0.25) is 4.79 Å². The second-order valence-electron chi connectivity index (χ2n) is 12.2. The molecular weight excluding hydrogens is 690 g/mol. The minimum Gasteiger partial charge on any atom is -0.508 e. The van der Waals surface area contributed by atoms with Gasteiger partial charge < -0.3 is 36.1 Å². The molecule has 0 bridgehead atoms. The number of anilines is 1. The molecule has 0 saturated carbocycles. The molecule has 0 saturated heterocycles. The van der Waals surface area contributed by atoms with Gasteiger partial charge in [-0.1, -0.05) is 76.8 Å². The molecule has 0 aliphatic heterocycles. The van der Waals surface area contributed by atoms with E-state index in [1.165, 1.54) is 29.5 Å². The molecule has 0 fully saturated rings. The molecule has 12 heteroatoms. The lowest BCUT2D eigenvalue weighted by Gasteiger charge is -2.19. The van der Waals surface area contributed by atoms with Crippen LogP contribution in [0.15, 0.2) is 72.0 Å². The molecule has 2 atom stereocenters. The number of nitrogens with two attached hydrogens (primary N) is 1. The number of hydrogen-bond acceptors (Lipinski definition) is 9. The van der Waals surface area contributed by atoms with E-state index in [2.05, 4.69) is 6.92 Å². The number of aliphatic carboxylic acids is 1. The number of nitrogen functional groups attached to an aromatic ring is 1. The van der Waals surface area contributed by atoms with Gasteiger partial charge in [0.1, 0.15) is 33.6 Å². The predicted octanol–water partition coefficient (Wildman–Crippen LogP) is 7.36. The summed E-state index contributed by atoms with van der Waals surface area (Å²) in [4.78, 5) is 21.1. The second-order valence-corrected chi connectivity index (χ2v) is 14.4. The number of hydrogen-bond donors (Lipinski definition) is 6. The molecular formula is C40H64FNO9S. The van der Waals surface area contributed by atoms with E-state index in [1.807, 2.05) is 56.3 Å². The Morgan fingerprint density at radius 1 is 0.923 bits per heavy atom. The predicted molar refractivity (Wildman–Crippen MR) is 208 cm³/mol. The number of aliphatic hydroxyl groups excluding tert-OH is 3. The Morgan fingerprint density at radius 2 is 1.48 bits per heavy atom. The molecule has 0 radical (unpaired) electrons. The Kier molecular flexibility index (Phi) is 30.1. The highest BCUT2D eigenvalue weighted by atomic mass is 32.2. The fourth-order valence-electron chi connectivity index (χ4n) is 5.11. The first-order valence-electron chi connectivity index (χ1n) is 18.1. The maximum atomic E-state index is 12.3. The molecule has 0 aromatic heterocycles. The fraction of sp³-hybridized carbons (Fsp3) is 0.550. The van der Waals surface area contributed by atoms with Crippen LogP contribution in [0, 0.1) is 17.7 Å². The molecule has 52 heavy (non-hydrogen) atoms. The van der Waals surface area contributed by atoms with Crippen LogP contribution in [0.3, 0.4) is 0 Å². The van der Waals surface area contributed by atoms with Crippen LogP contribution in [0.2, 0.25) is 0 Å². The van der Waals surface area contributed by atoms with E-state index in [1.54, 1.807) is 6.08 Å². The summed E-state index contributed by atoms with van der Waals surface area (Å²) in [7, 11) is -1.78. The van der Waals surface area contributed by atoms with E-state index in [9.17, 15) is 27.5 Å². The van der Waals surface area contributed by atoms with Gasteiger partial charge >= 0.3 is 5.97 Å². The third-order valence-electron chi connectivity index (χ3n) is 7.85. The Balaban J connectivity index is 0. The van der Waals surface area contributed by atoms with E-state index in [-0.39, 0.29) is 23.9 Å². The number of halogens is 1. The molecule has 7 N–H and O–H groups in total. The van der Waals surface area contributed by atoms with Crippen LogP contribution in [0.1, 0.15) is 103 Å². The van der Waals surface area contributed by atoms with Gasteiger partial charge in [-0.05, 0) is 104 Å². The number of allylic oxidation sites excluding steroid dienone is 3. The molecule has 296 valence electrons. The van der Waals surface area contributed by atoms with Crippen LogP contribution in [0.4, 0.5) is 10.1 Å². The third-order valence-corrected chi connectivity index (χ3v) is 8.88. The van der Waals surface area contributed by atoms with E-state index in [0.717, 1.165) is 76.0 Å². The summed E-state index contributed by atoms with van der Waals surface area (Å²) < 4.78 is 34.1. The molecule has 2 unspecified atom stereocenters. The van der Waals surface area contributed by atoms with Gasteiger partial charge in [0.15, 0.2) is 6.29 Å². The van der Waals surface area contributed by atoms with Crippen molar-refractivity contribution >= 4 is 27.8 Å². The number of aryl methyl sites for hydroxylation is 2. The summed E-state index contributed by atoms with van der Waals surface area (Å²) >= 11 is 0. The van der Waals surface area contributed by atoms with E-state index < -0.39 is 28.0 Å². The molecule has 10 nitrogen and oxygen atoms in total. The Morgan fingerprint density at radius 3 is 1.98 bits per heavy atom. The lowest BCUT2D eigenvalue weighted by atomic mass is 9.88. The van der Waals surface area contributed by atoms with Crippen molar-refractivity contribution in [3.63, 3.8) is 0 Å². The van der Waals surface area contributed by atoms with Gasteiger partial charge in [0.05, 0.1) is 0 Å². The van der Waals surface area contributed by atoms with Crippen molar-refractivity contribution < 1.29 is 47.9 Å². The molecule has 0 amide bonds. The van der Waals surface area contributed by atoms with Gasteiger partial charge in [-0.15, -0.1) is 0 Å². The van der Waals surface area contributed by atoms with Gasteiger partial charge in [0.2, 0.25) is 0 Å².